The summed E-state index contributed by atoms with van der Waals surface area (Å²) in [5.41, 5.74) is 0. The Hall–Kier alpha value is -3.11. The van der Waals surface area contributed by atoms with Crippen LogP contribution in [0.3, 0.4) is 0 Å². The van der Waals surface area contributed by atoms with Crippen molar-refractivity contribution in [1.82, 2.24) is 0 Å². The van der Waals surface area contributed by atoms with Crippen LogP contribution in [-0.2, 0) is 64.3 Å². The summed E-state index contributed by atoms with van der Waals surface area (Å²) in [6.45, 7) is 18.3. The van der Waals surface area contributed by atoms with Crippen LogP contribution in [0, 0.1) is 11.8 Å². The molecule has 0 heterocycles. The molecule has 0 radical (unpaired) electrons. The van der Waals surface area contributed by atoms with Crippen molar-refractivity contribution in [2.75, 3.05) is 13.2 Å². The van der Waals surface area contributed by atoms with Crippen LogP contribution in [0.15, 0.2) is 48.6 Å². The number of ether oxygens (including phenoxy) is 4. The standard InChI is InChI=1S/2C44H81O4.2C8H15O.Ti/c2*1-3-5-7-9-11-13-15-17-19-21-23-25-27-31-35-39-43(45)47-41-37-33-29-30-34-38-42-48-44(46)40-36-32-28-26-24-22-20-18-16-14-12-10-8-6-4-2;2*1-3-5-6-8(4-2)7-9;/h2*17-20,41H,3-16,21-40,42H2,1-2H3;2*8H,3-6H2,1-2H3;/b2*19-17-,20-18-;;;. The summed E-state index contributed by atoms with van der Waals surface area (Å²) in [6.07, 6.45) is 96.4. The van der Waals surface area contributed by atoms with Crippen molar-refractivity contribution in [3.8, 4) is 0 Å². The van der Waals surface area contributed by atoms with Crippen LogP contribution in [0.2, 0.25) is 0 Å². The van der Waals surface area contributed by atoms with Gasteiger partial charge in [0.2, 0.25) is 0 Å². The molecule has 0 fully saturated rings. The first kappa shape index (κ1) is 112. The van der Waals surface area contributed by atoms with Gasteiger partial charge in [0, 0.05) is 0 Å². The summed E-state index contributed by atoms with van der Waals surface area (Å²) >= 11 is -5.25. The number of hydrogen-bond acceptors (Lipinski definition) is 10. The molecule has 4 unspecified atom stereocenters. The van der Waals surface area contributed by atoms with E-state index in [1.807, 2.05) is 0 Å². The van der Waals surface area contributed by atoms with E-state index in [4.69, 9.17) is 18.9 Å². The van der Waals surface area contributed by atoms with Crippen LogP contribution in [0.5, 0.6) is 0 Å². The molecule has 0 aromatic rings. The summed E-state index contributed by atoms with van der Waals surface area (Å²) in [6, 6.07) is 0. The fraction of sp³-hybridized carbons (Fsp3) is 0.865. The van der Waals surface area contributed by atoms with Crippen molar-refractivity contribution < 1.29 is 64.3 Å². The maximum absolute atomic E-state index is 16.8. The Balaban J connectivity index is 6.88. The molecule has 11 heteroatoms. The van der Waals surface area contributed by atoms with Crippen LogP contribution in [0.25, 0.3) is 0 Å². The zero-order valence-corrected chi connectivity index (χ0v) is 79.2. The third kappa shape index (κ3) is 68.2. The second-order valence-corrected chi connectivity index (χ2v) is 41.2. The molecule has 115 heavy (non-hydrogen) atoms. The van der Waals surface area contributed by atoms with Crippen molar-refractivity contribution >= 4 is 32.1 Å². The molecule has 672 valence electrons. The van der Waals surface area contributed by atoms with E-state index < -0.39 is 37.2 Å². The molecule has 4 atom stereocenters. The Kier molecular flexibility index (Phi) is 86.3. The number of carbonyl (C=O) groups is 6. The van der Waals surface area contributed by atoms with Crippen LogP contribution >= 0.6 is 0 Å². The average Bonchev–Trinajstić information content (AvgIpc) is 0.740. The molecule has 0 aromatic carbocycles. The first-order valence-electron chi connectivity index (χ1n) is 50.9. The summed E-state index contributed by atoms with van der Waals surface area (Å²) < 4.78 is 23.8. The van der Waals surface area contributed by atoms with Gasteiger partial charge in [-0.3, -0.25) is 0 Å². The van der Waals surface area contributed by atoms with Crippen molar-refractivity contribution in [3.63, 3.8) is 0 Å². The van der Waals surface area contributed by atoms with Gasteiger partial charge in [0.25, 0.3) is 0 Å². The van der Waals surface area contributed by atoms with Gasteiger partial charge in [-0.1, -0.05) is 219 Å². The number of allylic oxidation sites excluding steroid dienone is 8. The molecule has 0 saturated carbocycles. The van der Waals surface area contributed by atoms with Gasteiger partial charge in [0.1, 0.15) is 0 Å². The number of rotatable bonds is 92. The Morgan fingerprint density at radius 2 is 0.417 bits per heavy atom. The molecule has 0 aromatic heterocycles. The van der Waals surface area contributed by atoms with Gasteiger partial charge in [-0.05, 0) is 77.0 Å². The molecular weight excluding hydrogens is 1460 g/mol. The second kappa shape index (κ2) is 88.7. The van der Waals surface area contributed by atoms with Gasteiger partial charge in [0.05, 0.1) is 0 Å². The first-order valence-corrected chi connectivity index (χ1v) is 54.2. The number of esters is 4. The first-order chi connectivity index (χ1) is 56.5. The van der Waals surface area contributed by atoms with Crippen molar-refractivity contribution in [3.05, 3.63) is 48.6 Å². The van der Waals surface area contributed by atoms with Crippen molar-refractivity contribution in [2.45, 2.75) is 552 Å². The van der Waals surface area contributed by atoms with E-state index in [9.17, 15) is 19.2 Å². The van der Waals surface area contributed by atoms with Gasteiger partial charge >= 0.3 is 426 Å². The number of hydrogen-bond donors (Lipinski definition) is 0. The molecule has 0 N–H and O–H groups in total. The molecule has 0 aliphatic carbocycles. The normalized spacial score (nSPS) is 13.5. The molecule has 0 bridgehead atoms. The van der Waals surface area contributed by atoms with E-state index in [-0.39, 0.29) is 44.9 Å². The van der Waals surface area contributed by atoms with Crippen LogP contribution in [0.4, 0.5) is 0 Å². The van der Waals surface area contributed by atoms with E-state index in [2.05, 4.69) is 104 Å². The van der Waals surface area contributed by atoms with E-state index in [0.717, 1.165) is 205 Å². The molecule has 10 nitrogen and oxygen atoms in total. The third-order valence-electron chi connectivity index (χ3n) is 24.2. The minimum Gasteiger partial charge on any atom is -0.0654 e. The minimum atomic E-state index is -5.25. The Labute approximate surface area is 717 Å². The van der Waals surface area contributed by atoms with Gasteiger partial charge in [-0.25, -0.2) is 0 Å². The van der Waals surface area contributed by atoms with E-state index in [1.54, 1.807) is 0 Å². The zero-order chi connectivity index (χ0) is 83.9. The average molecular weight is 1650 g/mol. The van der Waals surface area contributed by atoms with E-state index >= 15 is 9.59 Å². The summed E-state index contributed by atoms with van der Waals surface area (Å²) in [5.74, 6) is -1.73. The molecule has 0 aliphatic rings. The quantitative estimate of drug-likeness (QED) is 0.0190. The van der Waals surface area contributed by atoms with Gasteiger partial charge in [-0.15, -0.1) is 0 Å². The smallest absolute Gasteiger partial charge is 0.0654 e. The third-order valence-corrected chi connectivity index (χ3v) is 32.5. The fourth-order valence-electron chi connectivity index (χ4n) is 16.6. The Morgan fingerprint density at radius 3 is 0.652 bits per heavy atom. The topological polar surface area (TPSA) is 139 Å². The molecule has 0 rings (SSSR count). The molecule has 0 aliphatic heterocycles. The van der Waals surface area contributed by atoms with Gasteiger partial charge < -0.3 is 0 Å². The fourth-order valence-corrected chi connectivity index (χ4v) is 25.8. The van der Waals surface area contributed by atoms with Crippen molar-refractivity contribution in [1.29, 1.82) is 0 Å². The van der Waals surface area contributed by atoms with Gasteiger partial charge in [-0.2, -0.15) is 0 Å². The van der Waals surface area contributed by atoms with Gasteiger partial charge in [0.15, 0.2) is 0 Å². The maximum atomic E-state index is 16.8. The molecular formula is C104H192O10Ti. The second-order valence-electron chi connectivity index (χ2n) is 34.9. The van der Waals surface area contributed by atoms with E-state index in [1.165, 1.54) is 193 Å². The molecule has 0 saturated heterocycles. The van der Waals surface area contributed by atoms with Crippen LogP contribution < -0.4 is 0 Å². The summed E-state index contributed by atoms with van der Waals surface area (Å²) in [5, 5.41) is 0. The summed E-state index contributed by atoms with van der Waals surface area (Å²) in [4.78, 5) is 89.3. The Morgan fingerprint density at radius 1 is 0.217 bits per heavy atom. The molecule has 0 amide bonds. The Bertz CT molecular complexity index is 2130. The predicted molar refractivity (Wildman–Crippen MR) is 492 cm³/mol. The zero-order valence-electron chi connectivity index (χ0n) is 77.7. The molecule has 0 spiro atoms. The summed E-state index contributed by atoms with van der Waals surface area (Å²) in [7, 11) is 0. The van der Waals surface area contributed by atoms with Crippen molar-refractivity contribution in [2.24, 2.45) is 11.8 Å². The van der Waals surface area contributed by atoms with E-state index in [0.29, 0.717) is 90.3 Å². The number of carbonyl (C=O) groups excluding carboxylic acids is 6. The minimum absolute atomic E-state index is 0.0132. The monoisotopic (exact) mass is 1650 g/mol. The van der Waals surface area contributed by atoms with Crippen LogP contribution in [-0.4, -0.2) is 54.1 Å². The van der Waals surface area contributed by atoms with Crippen LogP contribution in [0.1, 0.15) is 543 Å². The SMILES string of the molecule is CCCCCCCC/C=C\CCCCCCCC(=O)OCCCCCCC[CH](OC(=O)CCCCCCC/C=C\CCCCCCCC)[Ti]([C](=O)C(CC)CCCC)([C](=O)C(CC)CCCC)[CH](CCCCCCCOC(=O)CCCCCCC/C=C\CCCCCCCC)OC(=O)CCCCCCC/C=C\CCCCCCCC. The number of unbranched alkanes of at least 4 members (excludes halogenated alkanes) is 54. The predicted octanol–water partition coefficient (Wildman–Crippen LogP) is 33.3.